The number of thiazole rings is 1. The van der Waals surface area contributed by atoms with Crippen LogP contribution in [-0.2, 0) is 38.1 Å². The van der Waals surface area contributed by atoms with E-state index in [0.717, 1.165) is 12.8 Å². The number of pyridine rings is 1. The van der Waals surface area contributed by atoms with Crippen LogP contribution in [0.15, 0.2) is 23.6 Å². The van der Waals surface area contributed by atoms with Crippen molar-refractivity contribution < 1.29 is 52.4 Å². The summed E-state index contributed by atoms with van der Waals surface area (Å²) in [5.74, 6) is -0.284. The molecule has 18 heteroatoms. The fraction of sp³-hybridized carbons (Fsp3) is 0.673. The van der Waals surface area contributed by atoms with Crippen molar-refractivity contribution in [2.45, 2.75) is 150 Å². The molecule has 382 valence electrons. The van der Waals surface area contributed by atoms with Crippen LogP contribution in [0.2, 0.25) is 5.02 Å². The van der Waals surface area contributed by atoms with Crippen LogP contribution < -0.4 is 14.8 Å². The number of anilines is 1. The molecule has 0 spiro atoms. The molecule has 3 saturated carbocycles. The fourth-order valence-corrected chi connectivity index (χ4v) is 11.7. The van der Waals surface area contributed by atoms with E-state index in [-0.39, 0.29) is 73.8 Å². The van der Waals surface area contributed by atoms with Crippen molar-refractivity contribution in [1.29, 1.82) is 0 Å². The first kappa shape index (κ1) is 51.6. The van der Waals surface area contributed by atoms with Gasteiger partial charge in [-0.25, -0.2) is 14.8 Å². The van der Waals surface area contributed by atoms with Gasteiger partial charge in [0.25, 0.3) is 0 Å². The Morgan fingerprint density at radius 3 is 2.37 bits per heavy atom. The molecule has 3 aliphatic carbocycles. The summed E-state index contributed by atoms with van der Waals surface area (Å²) < 4.78 is 35.9. The number of likely N-dealkylation sites (tertiary alicyclic amines) is 1. The van der Waals surface area contributed by atoms with Crippen LogP contribution in [0, 0.1) is 34.5 Å². The first-order chi connectivity index (χ1) is 33.1. The van der Waals surface area contributed by atoms with Crippen molar-refractivity contribution in [1.82, 2.24) is 19.8 Å². The zero-order chi connectivity index (χ0) is 50.4. The number of aromatic nitrogens is 2. The smallest absolute Gasteiger partial charge is 0.410 e. The molecule has 4 heterocycles. The number of benzene rings is 1. The van der Waals surface area contributed by atoms with Crippen LogP contribution in [-0.4, -0.2) is 125 Å². The minimum atomic E-state index is -0.953. The fourth-order valence-electron chi connectivity index (χ4n) is 10.6. The lowest BCUT2D eigenvalue weighted by Crippen LogP contribution is -2.52. The molecular formula is C52H70ClN5O11S. The number of morpholine rings is 1. The third-order valence-electron chi connectivity index (χ3n) is 14.5. The summed E-state index contributed by atoms with van der Waals surface area (Å²) in [4.78, 5) is 82.8. The lowest BCUT2D eigenvalue weighted by atomic mass is 9.77. The van der Waals surface area contributed by atoms with E-state index in [1.54, 1.807) is 28.0 Å². The van der Waals surface area contributed by atoms with Gasteiger partial charge in [-0.05, 0) is 95.6 Å². The van der Waals surface area contributed by atoms with Crippen LogP contribution in [0.3, 0.4) is 0 Å². The molecule has 5 aliphatic rings. The van der Waals surface area contributed by atoms with E-state index in [1.165, 1.54) is 24.9 Å². The average Bonchev–Trinajstić information content (AvgIpc) is 3.96. The van der Waals surface area contributed by atoms with E-state index in [0.29, 0.717) is 76.8 Å². The van der Waals surface area contributed by atoms with Crippen LogP contribution in [0.1, 0.15) is 114 Å². The molecule has 1 aromatic carbocycles. The third-order valence-corrected chi connectivity index (χ3v) is 15.7. The van der Waals surface area contributed by atoms with Crippen LogP contribution in [0.5, 0.6) is 11.5 Å². The summed E-state index contributed by atoms with van der Waals surface area (Å²) in [7, 11) is 1.34. The standard InChI is InChI=1S/C52H70ClN5O11S/c1-11-31-22-52(31,47(62)64-10)23-40(59)39-19-34(24-58(39)46(61)36(50(4,5)6)20-43(60)68-33-17-29-16-30(29)18-33)67-42-21-37(38-27-70-48(56-38)54-28(2)3)55-45-35(42)12-13-41(44(45)53)66-26-32-25-65-15-14-57(32)49(63)69-51(7,8)9/h12-13,21,27-34,36,39H,11,14-20,22-26H2,1-10H3,(H,54,56)/t29-,30+,31-,32-,33?,34-,36-,39+,52-/m1/s1. The van der Waals surface area contributed by atoms with Gasteiger partial charge in [-0.1, -0.05) is 45.7 Å². The summed E-state index contributed by atoms with van der Waals surface area (Å²) in [5, 5.41) is 6.69. The van der Waals surface area contributed by atoms with E-state index < -0.39 is 58.6 Å². The summed E-state index contributed by atoms with van der Waals surface area (Å²) in [6.45, 7) is 18.3. The number of nitrogens with zero attached hydrogens (tertiary/aromatic N) is 4. The Bertz CT molecular complexity index is 2460. The number of ether oxygens (including phenoxy) is 6. The summed E-state index contributed by atoms with van der Waals surface area (Å²) in [6.07, 6.45) is 2.79. The monoisotopic (exact) mass is 1010 g/mol. The molecule has 0 radical (unpaired) electrons. The number of carbonyl (C=O) groups excluding carboxylic acids is 5. The number of methoxy groups -OCH3 is 1. The Labute approximate surface area is 420 Å². The Hall–Kier alpha value is -4.74. The maximum atomic E-state index is 15.1. The molecule has 2 amide bonds. The lowest BCUT2D eigenvalue weighted by Gasteiger charge is -2.36. The number of ketones is 1. The molecule has 1 N–H and O–H groups in total. The predicted molar refractivity (Wildman–Crippen MR) is 265 cm³/mol. The highest BCUT2D eigenvalue weighted by atomic mass is 35.5. The minimum Gasteiger partial charge on any atom is -0.490 e. The number of nitrogens with one attached hydrogen (secondary N) is 1. The highest BCUT2D eigenvalue weighted by Gasteiger charge is 2.62. The first-order valence-corrected chi connectivity index (χ1v) is 26.2. The van der Waals surface area contributed by atoms with E-state index in [9.17, 15) is 19.2 Å². The molecule has 70 heavy (non-hydrogen) atoms. The number of rotatable bonds is 17. The van der Waals surface area contributed by atoms with Gasteiger partial charge in [0, 0.05) is 42.3 Å². The number of hydrogen-bond donors (Lipinski definition) is 1. The number of amides is 2. The van der Waals surface area contributed by atoms with E-state index >= 15 is 4.79 Å². The second-order valence-corrected chi connectivity index (χ2v) is 23.6. The maximum absolute atomic E-state index is 15.1. The van der Waals surface area contributed by atoms with Crippen molar-refractivity contribution in [2.24, 2.45) is 34.5 Å². The lowest BCUT2D eigenvalue weighted by molar-refractivity contribution is -0.157. The molecule has 3 aromatic rings. The van der Waals surface area contributed by atoms with Crippen molar-refractivity contribution in [3.63, 3.8) is 0 Å². The van der Waals surface area contributed by atoms with Crippen molar-refractivity contribution in [3.8, 4) is 22.9 Å². The molecular weight excluding hydrogens is 938 g/mol. The normalized spacial score (nSPS) is 26.7. The van der Waals surface area contributed by atoms with E-state index in [2.05, 4.69) is 5.32 Å². The molecule has 9 atom stereocenters. The largest absolute Gasteiger partial charge is 0.490 e. The molecule has 16 nitrogen and oxygen atoms in total. The molecule has 8 rings (SSSR count). The predicted octanol–water partition coefficient (Wildman–Crippen LogP) is 9.14. The third kappa shape index (κ3) is 11.5. The molecule has 2 aliphatic heterocycles. The van der Waals surface area contributed by atoms with E-state index in [1.807, 2.05) is 67.7 Å². The second-order valence-electron chi connectivity index (χ2n) is 22.4. The van der Waals surface area contributed by atoms with Crippen molar-refractivity contribution in [2.75, 3.05) is 45.3 Å². The summed E-state index contributed by atoms with van der Waals surface area (Å²) in [6, 6.07) is 4.05. The van der Waals surface area contributed by atoms with Gasteiger partial charge in [0.05, 0.1) is 67.9 Å². The average molecular weight is 1010 g/mol. The molecule has 2 saturated heterocycles. The number of carbonyl (C=O) groups is 5. The van der Waals surface area contributed by atoms with Crippen molar-refractivity contribution in [3.05, 3.63) is 28.6 Å². The Morgan fingerprint density at radius 2 is 1.71 bits per heavy atom. The van der Waals surface area contributed by atoms with Crippen LogP contribution in [0.25, 0.3) is 22.3 Å². The highest BCUT2D eigenvalue weighted by Crippen LogP contribution is 2.58. The van der Waals surface area contributed by atoms with Gasteiger partial charge < -0.3 is 38.6 Å². The van der Waals surface area contributed by atoms with E-state index in [4.69, 9.17) is 50.0 Å². The molecule has 5 fully saturated rings. The van der Waals surface area contributed by atoms with Crippen LogP contribution in [0.4, 0.5) is 9.93 Å². The summed E-state index contributed by atoms with van der Waals surface area (Å²) >= 11 is 8.66. The number of esters is 2. The number of hydrogen-bond acceptors (Lipinski definition) is 15. The second kappa shape index (κ2) is 20.4. The van der Waals surface area contributed by atoms with Gasteiger partial charge in [-0.3, -0.25) is 24.1 Å². The van der Waals surface area contributed by atoms with Gasteiger partial charge in [0.15, 0.2) is 10.9 Å². The number of halogens is 1. The highest BCUT2D eigenvalue weighted by molar-refractivity contribution is 7.14. The topological polar surface area (TPSA) is 185 Å². The maximum Gasteiger partial charge on any atom is 0.410 e. The Balaban J connectivity index is 1.10. The number of Topliss-reactive ketones (excluding diaryl/α,β-unsaturated/α-hetero) is 1. The quantitative estimate of drug-likeness (QED) is 0.0997. The van der Waals surface area contributed by atoms with Gasteiger partial charge >= 0.3 is 18.0 Å². The minimum absolute atomic E-state index is 0.0117. The van der Waals surface area contributed by atoms with Crippen molar-refractivity contribution >= 4 is 68.7 Å². The first-order valence-electron chi connectivity index (χ1n) is 24.9. The summed E-state index contributed by atoms with van der Waals surface area (Å²) in [5.41, 5.74) is -0.896. The number of fused-ring (bicyclic) bond motifs is 2. The van der Waals surface area contributed by atoms with Gasteiger partial charge in [-0.2, -0.15) is 0 Å². The van der Waals surface area contributed by atoms with Gasteiger partial charge in [0.2, 0.25) is 5.91 Å². The Kier molecular flexibility index (Phi) is 15.0. The molecule has 2 aromatic heterocycles. The SMILES string of the molecule is CC[C@@H]1C[C@]1(CC(=O)[C@@H]1C[C@@H](Oc2cc(-c3csc(NC(C)C)n3)nc3c(Cl)c(OC[C@H]4COCCN4C(=O)OC(C)(C)C)ccc23)CN1C(=O)[C@@H](CC(=O)OC1C[C@@H]2C[C@@H]2C1)C(C)(C)C)C(=O)OC. The molecule has 0 bridgehead atoms. The zero-order valence-corrected chi connectivity index (χ0v) is 43.8. The molecule has 1 unspecified atom stereocenters. The van der Waals surface area contributed by atoms with Crippen LogP contribution >= 0.6 is 22.9 Å². The van der Waals surface area contributed by atoms with Gasteiger partial charge in [-0.15, -0.1) is 11.3 Å². The Morgan fingerprint density at radius 1 is 0.971 bits per heavy atom. The zero-order valence-electron chi connectivity index (χ0n) is 42.3. The van der Waals surface area contributed by atoms with Gasteiger partial charge in [0.1, 0.15) is 46.6 Å².